The molecule has 2 aromatic heterocycles. The van der Waals surface area contributed by atoms with Gasteiger partial charge in [-0.05, 0) is 89.9 Å². The van der Waals surface area contributed by atoms with Crippen LogP contribution < -0.4 is 15.8 Å². The first-order chi connectivity index (χ1) is 23.8. The van der Waals surface area contributed by atoms with Crippen molar-refractivity contribution in [2.75, 3.05) is 76.2 Å². The summed E-state index contributed by atoms with van der Waals surface area (Å²) >= 11 is 0. The van der Waals surface area contributed by atoms with E-state index in [1.165, 1.54) is 43.9 Å². The van der Waals surface area contributed by atoms with E-state index in [4.69, 9.17) is 0 Å². The van der Waals surface area contributed by atoms with Gasteiger partial charge in [0.15, 0.2) is 0 Å². The zero-order valence-electron chi connectivity index (χ0n) is 29.4. The fourth-order valence-corrected chi connectivity index (χ4v) is 8.34. The molecule has 0 aliphatic carbocycles. The predicted octanol–water partition coefficient (Wildman–Crippen LogP) is 5.53. The molecule has 0 unspecified atom stereocenters. The fraction of sp³-hybridized carbons (Fsp3) is 0.622. The zero-order chi connectivity index (χ0) is 34.0. The summed E-state index contributed by atoms with van der Waals surface area (Å²) in [4.78, 5) is 32.6. The van der Waals surface area contributed by atoms with Gasteiger partial charge in [-0.2, -0.15) is 6.07 Å². The van der Waals surface area contributed by atoms with Crippen LogP contribution in [-0.2, 0) is 39.8 Å². The van der Waals surface area contributed by atoms with Crippen LogP contribution in [0.15, 0.2) is 35.4 Å². The molecular weight excluding hydrogens is 742 g/mol. The summed E-state index contributed by atoms with van der Waals surface area (Å²) in [6, 6.07) is 6.64. The van der Waals surface area contributed by atoms with Crippen LogP contribution in [0.4, 0.5) is 24.7 Å². The first kappa shape index (κ1) is 37.3. The van der Waals surface area contributed by atoms with Gasteiger partial charge in [0.2, 0.25) is 0 Å². The van der Waals surface area contributed by atoms with Crippen LogP contribution in [-0.4, -0.2) is 101 Å². The van der Waals surface area contributed by atoms with Crippen molar-refractivity contribution in [1.29, 1.82) is 0 Å². The minimum atomic E-state index is -3.28. The van der Waals surface area contributed by atoms with E-state index in [1.54, 1.807) is 4.57 Å². The normalized spacial score (nSPS) is 24.6. The Morgan fingerprint density at radius 2 is 1.56 bits per heavy atom. The minimum Gasteiger partial charge on any atom is -0.399 e. The van der Waals surface area contributed by atoms with Crippen molar-refractivity contribution in [1.82, 2.24) is 29.2 Å². The first-order valence-corrected chi connectivity index (χ1v) is 18.3. The second-order valence-electron chi connectivity index (χ2n) is 14.5. The molecule has 0 radical (unpaired) electrons. The van der Waals surface area contributed by atoms with Gasteiger partial charge >= 0.3 is 0 Å². The molecular formula is C37H50CdF3N8O-. The maximum atomic E-state index is 15.8. The number of fused-ring (bicyclic) bond motifs is 9. The third-order valence-corrected chi connectivity index (χ3v) is 11.4. The van der Waals surface area contributed by atoms with E-state index in [-0.39, 0.29) is 38.4 Å². The van der Waals surface area contributed by atoms with Crippen LogP contribution in [0.5, 0.6) is 0 Å². The van der Waals surface area contributed by atoms with Crippen molar-refractivity contribution in [2.24, 2.45) is 5.92 Å². The number of pyridine rings is 1. The summed E-state index contributed by atoms with van der Waals surface area (Å²) in [7, 11) is 2.18. The summed E-state index contributed by atoms with van der Waals surface area (Å²) in [5.41, 5.74) is 0.544. The SMILES string of the molecule is CN1CCC(N2CCN(c3cc4c5ncnc4n(c3=O)CCCCCCCN3CCC(CC3)C(F)(F)c3cccc(c3F)[CH-]N5)CC2)CC1.[Cd]. The average molecular weight is 792 g/mol. The Morgan fingerprint density at radius 1 is 0.860 bits per heavy atom. The van der Waals surface area contributed by atoms with Gasteiger partial charge in [-0.3, -0.25) is 18.7 Å². The summed E-state index contributed by atoms with van der Waals surface area (Å²) in [6.45, 7) is 9.56. The van der Waals surface area contributed by atoms with E-state index < -0.39 is 23.2 Å². The Balaban J connectivity index is 0.00000432. The number of benzene rings is 1. The minimum absolute atomic E-state index is 0. The molecule has 1 N–H and O–H groups in total. The maximum Gasteiger partial charge on any atom is 0.275 e. The molecule has 3 fully saturated rings. The van der Waals surface area contributed by atoms with Gasteiger partial charge in [0.05, 0.1) is 5.39 Å². The number of halogens is 3. The molecule has 5 aliphatic rings. The van der Waals surface area contributed by atoms with Crippen LogP contribution in [0.2, 0.25) is 0 Å². The Labute approximate surface area is 313 Å². The van der Waals surface area contributed by atoms with Crippen molar-refractivity contribution in [3.8, 4) is 0 Å². The van der Waals surface area contributed by atoms with Gasteiger partial charge in [-0.15, -0.1) is 11.6 Å². The largest absolute Gasteiger partial charge is 0.399 e. The molecule has 7 heterocycles. The number of rotatable bonds is 2. The van der Waals surface area contributed by atoms with Crippen LogP contribution >= 0.6 is 0 Å². The van der Waals surface area contributed by atoms with E-state index in [9.17, 15) is 4.79 Å². The predicted molar refractivity (Wildman–Crippen MR) is 188 cm³/mol. The molecule has 3 aromatic rings. The maximum absolute atomic E-state index is 15.8. The fourth-order valence-electron chi connectivity index (χ4n) is 8.34. The van der Waals surface area contributed by atoms with Crippen LogP contribution in [0.25, 0.3) is 11.0 Å². The van der Waals surface area contributed by atoms with E-state index in [1.807, 2.05) is 6.07 Å². The first-order valence-electron chi connectivity index (χ1n) is 18.3. The molecule has 0 amide bonds. The van der Waals surface area contributed by atoms with E-state index in [0.717, 1.165) is 77.9 Å². The Bertz CT molecular complexity index is 1650. The number of nitrogens with one attached hydrogen (secondary N) is 1. The second kappa shape index (κ2) is 16.5. The topological polar surface area (TPSA) is 72.8 Å². The van der Waals surface area contributed by atoms with E-state index >= 15 is 13.2 Å². The summed E-state index contributed by atoms with van der Waals surface area (Å²) in [5.74, 6) is -4.70. The smallest absolute Gasteiger partial charge is 0.275 e. The molecule has 268 valence electrons. The van der Waals surface area contributed by atoms with Crippen LogP contribution in [0.1, 0.15) is 68.9 Å². The van der Waals surface area contributed by atoms with Gasteiger partial charge in [0, 0.05) is 77.8 Å². The van der Waals surface area contributed by atoms with Crippen molar-refractivity contribution in [2.45, 2.75) is 76.3 Å². The molecule has 5 aliphatic heterocycles. The molecule has 9 nitrogen and oxygen atoms in total. The monoisotopic (exact) mass is 793 g/mol. The molecule has 8 bridgehead atoms. The van der Waals surface area contributed by atoms with Gasteiger partial charge < -0.3 is 20.0 Å². The molecule has 3 saturated heterocycles. The molecule has 50 heavy (non-hydrogen) atoms. The number of hydrogen-bond donors (Lipinski definition) is 1. The Morgan fingerprint density at radius 3 is 2.30 bits per heavy atom. The van der Waals surface area contributed by atoms with Crippen molar-refractivity contribution in [3.05, 3.63) is 64.4 Å². The van der Waals surface area contributed by atoms with Crippen molar-refractivity contribution >= 4 is 22.5 Å². The molecule has 1 aromatic carbocycles. The molecule has 8 rings (SSSR count). The third kappa shape index (κ3) is 7.97. The standard InChI is InChI=1S/C37H50F3N8O.Cd/c1-44-16-12-29(13-17-44)46-20-22-47(23-21-46)32-24-30-34-41-25-27-8-7-9-31(33(27)38)37(39,40)28-10-18-45(19-11-28)14-5-3-2-4-6-15-48(36(32)49)35(30)43-26-42-34;/h7-9,24-26,28-29H,2-6,10-23H2,1H3,(H,41,42,43);/q-1;. The number of anilines is 2. The number of aromatic nitrogens is 3. The zero-order valence-corrected chi connectivity index (χ0v) is 33.5. The van der Waals surface area contributed by atoms with Gasteiger partial charge in [-0.25, -0.2) is 18.7 Å². The quantitative estimate of drug-likeness (QED) is 0.269. The number of hydrogen-bond acceptors (Lipinski definition) is 8. The second-order valence-corrected chi connectivity index (χ2v) is 14.5. The average Bonchev–Trinajstić information content (AvgIpc) is 3.11. The van der Waals surface area contributed by atoms with E-state index in [0.29, 0.717) is 61.1 Å². The van der Waals surface area contributed by atoms with Gasteiger partial charge in [0.25, 0.3) is 11.5 Å². The summed E-state index contributed by atoms with van der Waals surface area (Å²) in [5, 5.41) is 3.75. The third-order valence-electron chi connectivity index (χ3n) is 11.4. The molecule has 0 saturated carbocycles. The van der Waals surface area contributed by atoms with Gasteiger partial charge in [0.1, 0.15) is 23.5 Å². The Hall–Kier alpha value is -2.43. The van der Waals surface area contributed by atoms with Crippen molar-refractivity contribution < 1.29 is 40.5 Å². The number of piperazine rings is 1. The molecule has 13 heteroatoms. The summed E-state index contributed by atoms with van der Waals surface area (Å²) in [6.07, 6.45) is 9.37. The number of nitrogens with zero attached hydrogens (tertiary/aromatic N) is 7. The number of piperidine rings is 2. The number of likely N-dealkylation sites (tertiary alicyclic amines) is 1. The van der Waals surface area contributed by atoms with Crippen LogP contribution in [0.3, 0.4) is 0 Å². The molecule has 0 atom stereocenters. The number of alkyl halides is 2. The Kier molecular flexibility index (Phi) is 12.3. The van der Waals surface area contributed by atoms with Crippen molar-refractivity contribution in [3.63, 3.8) is 0 Å². The van der Waals surface area contributed by atoms with Crippen LogP contribution in [0, 0.1) is 18.3 Å². The summed E-state index contributed by atoms with van der Waals surface area (Å²) < 4.78 is 49.3. The molecule has 0 spiro atoms. The number of aryl methyl sites for hydroxylation is 1. The van der Waals surface area contributed by atoms with E-state index in [2.05, 4.69) is 41.9 Å². The van der Waals surface area contributed by atoms with Gasteiger partial charge in [-0.1, -0.05) is 31.9 Å².